The first-order valence-corrected chi connectivity index (χ1v) is 10.1. The van der Waals surface area contributed by atoms with Crippen LogP contribution in [0.5, 0.6) is 11.5 Å². The lowest BCUT2D eigenvalue weighted by Crippen LogP contribution is -2.29. The molecule has 10 heteroatoms. The van der Waals surface area contributed by atoms with E-state index in [0.717, 1.165) is 0 Å². The van der Waals surface area contributed by atoms with Crippen LogP contribution >= 0.6 is 12.6 Å². The van der Waals surface area contributed by atoms with Gasteiger partial charge in [0.1, 0.15) is 11.5 Å². The molecule has 8 nitrogen and oxygen atoms in total. The van der Waals surface area contributed by atoms with Crippen molar-refractivity contribution in [3.63, 3.8) is 0 Å². The van der Waals surface area contributed by atoms with Crippen molar-refractivity contribution in [1.29, 1.82) is 0 Å². The van der Waals surface area contributed by atoms with Crippen molar-refractivity contribution in [1.82, 2.24) is 0 Å². The van der Waals surface area contributed by atoms with Crippen molar-refractivity contribution in [2.45, 2.75) is 23.1 Å². The van der Waals surface area contributed by atoms with Crippen molar-refractivity contribution in [3.05, 3.63) is 52.2 Å². The first kappa shape index (κ1) is 20.2. The number of thiol groups is 1. The summed E-state index contributed by atoms with van der Waals surface area (Å²) in [6, 6.07) is 7.80. The fourth-order valence-corrected chi connectivity index (χ4v) is 5.14. The summed E-state index contributed by atoms with van der Waals surface area (Å²) in [5.74, 6) is -0.337. The zero-order valence-electron chi connectivity index (χ0n) is 15.3. The fourth-order valence-electron chi connectivity index (χ4n) is 2.97. The number of nitrogens with zero attached hydrogens (tertiary/aromatic N) is 2. The summed E-state index contributed by atoms with van der Waals surface area (Å²) in [6.45, 7) is 2.66. The minimum atomic E-state index is -4.12. The van der Waals surface area contributed by atoms with E-state index in [9.17, 15) is 13.2 Å². The third-order valence-electron chi connectivity index (χ3n) is 4.14. The van der Waals surface area contributed by atoms with Crippen molar-refractivity contribution in [2.75, 3.05) is 13.7 Å². The van der Waals surface area contributed by atoms with Gasteiger partial charge in [-0.3, -0.25) is 0 Å². The molecule has 0 saturated heterocycles. The van der Waals surface area contributed by atoms with Crippen LogP contribution in [0.4, 0.5) is 0 Å². The minimum Gasteiger partial charge on any atom is -0.497 e. The Labute approximate surface area is 166 Å². The topological polar surface area (TPSA) is 115 Å². The van der Waals surface area contributed by atoms with Gasteiger partial charge in [0.2, 0.25) is 9.84 Å². The smallest absolute Gasteiger partial charge is 0.341 e. The van der Waals surface area contributed by atoms with Gasteiger partial charge in [-0.15, -0.1) is 12.6 Å². The number of aryl methyl sites for hydroxylation is 2. The number of hydrogen-bond acceptors (Lipinski definition) is 8. The number of rotatable bonds is 6. The van der Waals surface area contributed by atoms with Gasteiger partial charge < -0.3 is 14.6 Å². The van der Waals surface area contributed by atoms with E-state index in [0.29, 0.717) is 27.6 Å². The molecule has 3 rings (SSSR count). The van der Waals surface area contributed by atoms with Crippen LogP contribution in [0.3, 0.4) is 0 Å². The standard InChI is InChI=1S/C18H18N2O6S2/c1-10-6-13(26-9-16(21)22)7-11(2)17(10)28(23,24)18(27)19-14-5-4-12(25-3)8-15(14)20-18/h4-8,27H,9H2,1-3H3,(H,21,22). The maximum atomic E-state index is 13.4. The quantitative estimate of drug-likeness (QED) is 0.673. The van der Waals surface area contributed by atoms with E-state index in [-0.39, 0.29) is 10.6 Å². The molecule has 0 aromatic heterocycles. The zero-order valence-corrected chi connectivity index (χ0v) is 17.0. The van der Waals surface area contributed by atoms with Gasteiger partial charge in [0.25, 0.3) is 0 Å². The highest BCUT2D eigenvalue weighted by Crippen LogP contribution is 2.37. The van der Waals surface area contributed by atoms with E-state index >= 15 is 0 Å². The zero-order chi connectivity index (χ0) is 20.7. The summed E-state index contributed by atoms with van der Waals surface area (Å²) < 4.78 is 35.0. The molecule has 1 atom stereocenters. The van der Waals surface area contributed by atoms with Gasteiger partial charge in [0.15, 0.2) is 6.61 Å². The van der Waals surface area contributed by atoms with Gasteiger partial charge in [0.05, 0.1) is 22.7 Å². The SMILES string of the molecule is COc1ccc2c(c1)=NC(S)(S(=O)(=O)c1c(C)cc(OCC(=O)O)cc1C)N=2. The third-order valence-corrected chi connectivity index (χ3v) is 7.15. The molecule has 0 spiro atoms. The monoisotopic (exact) mass is 422 g/mol. The predicted molar refractivity (Wildman–Crippen MR) is 103 cm³/mol. The molecular formula is C18H18N2O6S2. The first-order valence-electron chi connectivity index (χ1n) is 8.14. The van der Waals surface area contributed by atoms with E-state index in [1.807, 2.05) is 0 Å². The summed E-state index contributed by atoms with van der Waals surface area (Å²) in [7, 11) is -2.62. The van der Waals surface area contributed by atoms with E-state index in [1.165, 1.54) is 19.2 Å². The van der Waals surface area contributed by atoms with Crippen LogP contribution in [-0.2, 0) is 14.6 Å². The highest BCUT2D eigenvalue weighted by atomic mass is 32.2. The van der Waals surface area contributed by atoms with Gasteiger partial charge in [-0.05, 0) is 49.2 Å². The molecule has 0 amide bonds. The maximum Gasteiger partial charge on any atom is 0.341 e. The number of carbonyl (C=O) groups is 1. The highest BCUT2D eigenvalue weighted by Gasteiger charge is 2.44. The normalized spacial score (nSPS) is 18.0. The van der Waals surface area contributed by atoms with Crippen molar-refractivity contribution >= 4 is 28.4 Å². The Morgan fingerprint density at radius 2 is 1.71 bits per heavy atom. The molecule has 1 unspecified atom stereocenters. The second kappa shape index (κ2) is 7.10. The molecule has 0 fully saturated rings. The van der Waals surface area contributed by atoms with E-state index < -0.39 is 26.7 Å². The average Bonchev–Trinajstić information content (AvgIpc) is 2.96. The van der Waals surface area contributed by atoms with Crippen LogP contribution in [0.1, 0.15) is 11.1 Å². The third kappa shape index (κ3) is 3.45. The molecule has 0 radical (unpaired) electrons. The number of carboxylic acids is 1. The van der Waals surface area contributed by atoms with Crippen molar-refractivity contribution in [2.24, 2.45) is 9.98 Å². The van der Waals surface area contributed by atoms with Gasteiger partial charge in [-0.2, -0.15) is 0 Å². The second-order valence-corrected chi connectivity index (χ2v) is 9.13. The molecular weight excluding hydrogens is 404 g/mol. The number of methoxy groups -OCH3 is 1. The largest absolute Gasteiger partial charge is 0.497 e. The Bertz CT molecular complexity index is 1170. The van der Waals surface area contributed by atoms with E-state index in [1.54, 1.807) is 32.0 Å². The van der Waals surface area contributed by atoms with Gasteiger partial charge >= 0.3 is 10.3 Å². The summed E-state index contributed by atoms with van der Waals surface area (Å²) in [5.41, 5.74) is 0.764. The average molecular weight is 422 g/mol. The highest BCUT2D eigenvalue weighted by molar-refractivity contribution is 8.06. The van der Waals surface area contributed by atoms with Gasteiger partial charge in [0, 0.05) is 6.07 Å². The molecule has 1 aliphatic rings. The maximum absolute atomic E-state index is 13.4. The minimum absolute atomic E-state index is 0.0254. The molecule has 148 valence electrons. The number of ether oxygens (including phenoxy) is 2. The number of hydrogen-bond donors (Lipinski definition) is 2. The Hall–Kier alpha value is -2.59. The number of aliphatic carboxylic acids is 1. The fraction of sp³-hybridized carbons (Fsp3) is 0.278. The Morgan fingerprint density at radius 3 is 2.29 bits per heavy atom. The number of sulfone groups is 1. The number of fused-ring (bicyclic) bond motifs is 1. The van der Waals surface area contributed by atoms with Gasteiger partial charge in [-0.25, -0.2) is 23.2 Å². The number of carboxylic acid groups (broad SMARTS) is 1. The van der Waals surface area contributed by atoms with Crippen LogP contribution in [0.25, 0.3) is 0 Å². The Kier molecular flexibility index (Phi) is 5.11. The summed E-state index contributed by atoms with van der Waals surface area (Å²) >= 11 is 4.30. The molecule has 1 heterocycles. The summed E-state index contributed by atoms with van der Waals surface area (Å²) in [6.07, 6.45) is 0. The van der Waals surface area contributed by atoms with Crippen LogP contribution in [0, 0.1) is 13.8 Å². The van der Waals surface area contributed by atoms with Crippen LogP contribution in [-0.4, -0.2) is 37.5 Å². The van der Waals surface area contributed by atoms with Crippen LogP contribution in [0.2, 0.25) is 0 Å². The van der Waals surface area contributed by atoms with Crippen molar-refractivity contribution in [3.8, 4) is 11.5 Å². The molecule has 2 aromatic rings. The lowest BCUT2D eigenvalue weighted by Gasteiger charge is -2.21. The first-order chi connectivity index (χ1) is 13.1. The lowest BCUT2D eigenvalue weighted by atomic mass is 10.1. The molecule has 2 aromatic carbocycles. The predicted octanol–water partition coefficient (Wildman–Crippen LogP) is 1.04. The van der Waals surface area contributed by atoms with Crippen LogP contribution in [0.15, 0.2) is 45.2 Å². The second-order valence-electron chi connectivity index (χ2n) is 6.22. The Balaban J connectivity index is 2.08. The number of benzene rings is 2. The molecule has 1 N–H and O–H groups in total. The molecule has 0 aliphatic carbocycles. The van der Waals surface area contributed by atoms with Crippen molar-refractivity contribution < 1.29 is 27.8 Å². The molecule has 1 aliphatic heterocycles. The van der Waals surface area contributed by atoms with Gasteiger partial charge in [-0.1, -0.05) is 0 Å². The summed E-state index contributed by atoms with van der Waals surface area (Å²) in [4.78, 5) is 19.1. The Morgan fingerprint density at radius 1 is 1.11 bits per heavy atom. The lowest BCUT2D eigenvalue weighted by molar-refractivity contribution is -0.139. The van der Waals surface area contributed by atoms with Crippen LogP contribution < -0.4 is 20.2 Å². The molecule has 28 heavy (non-hydrogen) atoms. The van der Waals surface area contributed by atoms with E-state index in [2.05, 4.69) is 22.6 Å². The molecule has 0 saturated carbocycles. The molecule has 0 bridgehead atoms. The summed E-state index contributed by atoms with van der Waals surface area (Å²) in [5, 5.41) is 9.50. The van der Waals surface area contributed by atoms with E-state index in [4.69, 9.17) is 14.6 Å².